The molecule has 2 aromatic rings. The van der Waals surface area contributed by atoms with Crippen LogP contribution in [0.1, 0.15) is 17.4 Å². The van der Waals surface area contributed by atoms with E-state index in [2.05, 4.69) is 5.32 Å². The molecular formula is C18H17N3O4. The molecule has 4 rings (SSSR count). The second kappa shape index (κ2) is 5.70. The number of hydrogen-bond acceptors (Lipinski definition) is 4. The Morgan fingerprint density at radius 1 is 1.24 bits per heavy atom. The maximum absolute atomic E-state index is 13.0. The van der Waals surface area contributed by atoms with Gasteiger partial charge in [0.05, 0.1) is 36.7 Å². The van der Waals surface area contributed by atoms with Crippen LogP contribution >= 0.6 is 0 Å². The van der Waals surface area contributed by atoms with Gasteiger partial charge >= 0.3 is 6.03 Å². The van der Waals surface area contributed by atoms with E-state index in [0.29, 0.717) is 30.1 Å². The van der Waals surface area contributed by atoms with Crippen molar-refractivity contribution in [3.05, 3.63) is 65.3 Å². The summed E-state index contributed by atoms with van der Waals surface area (Å²) in [6.07, 6.45) is 1.57. The molecule has 0 spiro atoms. The van der Waals surface area contributed by atoms with E-state index in [1.54, 1.807) is 48.5 Å². The summed E-state index contributed by atoms with van der Waals surface area (Å²) in [5.41, 5.74) is 2.00. The summed E-state index contributed by atoms with van der Waals surface area (Å²) in [6, 6.07) is 9.30. The lowest BCUT2D eigenvalue weighted by molar-refractivity contribution is -0.126. The van der Waals surface area contributed by atoms with Crippen molar-refractivity contribution in [2.24, 2.45) is 0 Å². The Morgan fingerprint density at radius 2 is 2.00 bits per heavy atom. The number of carbonyl (C=O) groups excluding carboxylic acids is 2. The van der Waals surface area contributed by atoms with Gasteiger partial charge in [0.1, 0.15) is 11.5 Å². The van der Waals surface area contributed by atoms with Gasteiger partial charge in [-0.25, -0.2) is 4.79 Å². The van der Waals surface area contributed by atoms with Crippen LogP contribution in [0.25, 0.3) is 0 Å². The number of hydrogen-bond donors (Lipinski definition) is 2. The van der Waals surface area contributed by atoms with E-state index in [1.807, 2.05) is 6.07 Å². The summed E-state index contributed by atoms with van der Waals surface area (Å²) in [5.74, 6) is 0.696. The summed E-state index contributed by atoms with van der Waals surface area (Å²) >= 11 is 0. The molecule has 7 nitrogen and oxygen atoms in total. The molecule has 1 aromatic heterocycles. The van der Waals surface area contributed by atoms with Gasteiger partial charge in [-0.15, -0.1) is 0 Å². The predicted octanol–water partition coefficient (Wildman–Crippen LogP) is 1.98. The van der Waals surface area contributed by atoms with Crippen LogP contribution in [-0.2, 0) is 11.3 Å². The number of phenols is 1. The van der Waals surface area contributed by atoms with Gasteiger partial charge in [0.2, 0.25) is 0 Å². The Kier molecular flexibility index (Phi) is 3.49. The quantitative estimate of drug-likeness (QED) is 0.895. The first-order valence-corrected chi connectivity index (χ1v) is 7.92. The average Bonchev–Trinajstić information content (AvgIpc) is 3.22. The molecule has 2 aliphatic heterocycles. The molecule has 7 heteroatoms. The zero-order valence-electron chi connectivity index (χ0n) is 13.6. The fourth-order valence-corrected chi connectivity index (χ4v) is 3.26. The molecule has 2 N–H and O–H groups in total. The number of aromatic hydroxyl groups is 1. The van der Waals surface area contributed by atoms with Gasteiger partial charge in [-0.2, -0.15) is 0 Å². The highest BCUT2D eigenvalue weighted by Crippen LogP contribution is 2.36. The topological polar surface area (TPSA) is 86.0 Å². The maximum atomic E-state index is 13.0. The van der Waals surface area contributed by atoms with Crippen LogP contribution in [0, 0.1) is 0 Å². The zero-order valence-corrected chi connectivity index (χ0v) is 13.6. The normalized spacial score (nSPS) is 20.1. The summed E-state index contributed by atoms with van der Waals surface area (Å²) in [4.78, 5) is 28.4. The van der Waals surface area contributed by atoms with E-state index in [9.17, 15) is 14.7 Å². The first-order chi connectivity index (χ1) is 12.0. The minimum absolute atomic E-state index is 0.128. The van der Waals surface area contributed by atoms with Crippen LogP contribution in [0.5, 0.6) is 5.75 Å². The van der Waals surface area contributed by atoms with Crippen LogP contribution in [0.3, 0.4) is 0 Å². The van der Waals surface area contributed by atoms with Crippen molar-refractivity contribution in [2.45, 2.75) is 12.6 Å². The van der Waals surface area contributed by atoms with Gasteiger partial charge in [-0.3, -0.25) is 9.69 Å². The van der Waals surface area contributed by atoms with Crippen LogP contribution in [0.4, 0.5) is 4.79 Å². The highest BCUT2D eigenvalue weighted by molar-refractivity contribution is 6.01. The minimum Gasteiger partial charge on any atom is -0.508 e. The number of phenolic OH excluding ortho intramolecular Hbond substituents is 1. The maximum Gasteiger partial charge on any atom is 0.322 e. The summed E-state index contributed by atoms with van der Waals surface area (Å²) < 4.78 is 5.33. The van der Waals surface area contributed by atoms with Crippen LogP contribution < -0.4 is 5.32 Å². The Hall–Kier alpha value is -3.22. The third-order valence-corrected chi connectivity index (χ3v) is 4.59. The number of rotatable bonds is 3. The predicted molar refractivity (Wildman–Crippen MR) is 88.3 cm³/mol. The second-order valence-electron chi connectivity index (χ2n) is 6.13. The largest absolute Gasteiger partial charge is 0.508 e. The van der Waals surface area contributed by atoms with E-state index in [4.69, 9.17) is 4.42 Å². The van der Waals surface area contributed by atoms with Gasteiger partial charge in [0, 0.05) is 7.05 Å². The standard InChI is InChI=1S/C18H17N3O4/c1-20-14-10-21(9-13-3-2-8-25-13)17(23)15(14)16(19-18(20)24)11-4-6-12(22)7-5-11/h2-8,16,22H,9-10H2,1H3,(H,19,24)/t16-/m1/s1. The number of furan rings is 1. The van der Waals surface area contributed by atoms with Crippen molar-refractivity contribution in [1.82, 2.24) is 15.1 Å². The third-order valence-electron chi connectivity index (χ3n) is 4.59. The lowest BCUT2D eigenvalue weighted by Crippen LogP contribution is -2.45. The minimum atomic E-state index is -0.534. The molecule has 0 saturated carbocycles. The monoisotopic (exact) mass is 339 g/mol. The molecule has 3 amide bonds. The van der Waals surface area contributed by atoms with E-state index in [-0.39, 0.29) is 17.7 Å². The number of benzene rings is 1. The molecule has 0 bridgehead atoms. The molecule has 2 aliphatic rings. The Morgan fingerprint density at radius 3 is 2.68 bits per heavy atom. The van der Waals surface area contributed by atoms with Crippen LogP contribution in [0.2, 0.25) is 0 Å². The molecule has 0 radical (unpaired) electrons. The van der Waals surface area contributed by atoms with Crippen molar-refractivity contribution in [1.29, 1.82) is 0 Å². The van der Waals surface area contributed by atoms with Gasteiger partial charge < -0.3 is 19.7 Å². The number of nitrogens with one attached hydrogen (secondary N) is 1. The number of likely N-dealkylation sites (N-methyl/N-ethyl adjacent to an activating group) is 1. The summed E-state index contributed by atoms with van der Waals surface area (Å²) in [6.45, 7) is 0.705. The summed E-state index contributed by atoms with van der Waals surface area (Å²) in [7, 11) is 1.65. The Bertz CT molecular complexity index is 855. The van der Waals surface area contributed by atoms with Gasteiger partial charge in [-0.1, -0.05) is 12.1 Å². The molecule has 128 valence electrons. The highest BCUT2D eigenvalue weighted by Gasteiger charge is 2.42. The van der Waals surface area contributed by atoms with Gasteiger partial charge in [-0.05, 0) is 29.8 Å². The molecule has 0 aliphatic carbocycles. The van der Waals surface area contributed by atoms with Crippen molar-refractivity contribution in [2.75, 3.05) is 13.6 Å². The summed E-state index contributed by atoms with van der Waals surface area (Å²) in [5, 5.41) is 12.3. The fraction of sp³-hybridized carbons (Fsp3) is 0.222. The van der Waals surface area contributed by atoms with Gasteiger partial charge in [0.15, 0.2) is 0 Å². The zero-order chi connectivity index (χ0) is 17.6. The highest BCUT2D eigenvalue weighted by atomic mass is 16.3. The smallest absolute Gasteiger partial charge is 0.322 e. The number of amides is 3. The SMILES string of the molecule is CN1C(=O)N[C@H](c2ccc(O)cc2)C2=C1CN(Cc1ccco1)C2=O. The Balaban J connectivity index is 1.69. The molecule has 0 unspecified atom stereocenters. The van der Waals surface area contributed by atoms with Crippen molar-refractivity contribution >= 4 is 11.9 Å². The number of urea groups is 1. The first-order valence-electron chi connectivity index (χ1n) is 7.92. The van der Waals surface area contributed by atoms with E-state index >= 15 is 0 Å². The van der Waals surface area contributed by atoms with Gasteiger partial charge in [0.25, 0.3) is 5.91 Å². The van der Waals surface area contributed by atoms with E-state index in [1.165, 1.54) is 4.90 Å². The molecule has 1 atom stereocenters. The lowest BCUT2D eigenvalue weighted by atomic mass is 9.96. The Labute approximate surface area is 144 Å². The third kappa shape index (κ3) is 2.53. The first kappa shape index (κ1) is 15.3. The average molecular weight is 339 g/mol. The number of nitrogens with zero attached hydrogens (tertiary/aromatic N) is 2. The van der Waals surface area contributed by atoms with E-state index < -0.39 is 6.04 Å². The van der Waals surface area contributed by atoms with E-state index in [0.717, 1.165) is 5.56 Å². The number of carbonyl (C=O) groups is 2. The van der Waals surface area contributed by atoms with Crippen molar-refractivity contribution in [3.8, 4) is 5.75 Å². The molecule has 25 heavy (non-hydrogen) atoms. The van der Waals surface area contributed by atoms with Crippen molar-refractivity contribution in [3.63, 3.8) is 0 Å². The van der Waals surface area contributed by atoms with Crippen LogP contribution in [0.15, 0.2) is 58.3 Å². The molecule has 0 saturated heterocycles. The second-order valence-corrected chi connectivity index (χ2v) is 6.13. The lowest BCUT2D eigenvalue weighted by Gasteiger charge is -2.31. The van der Waals surface area contributed by atoms with Crippen LogP contribution in [-0.4, -0.2) is 40.4 Å². The fourth-order valence-electron chi connectivity index (χ4n) is 3.26. The molecule has 1 aromatic carbocycles. The molecule has 0 fully saturated rings. The van der Waals surface area contributed by atoms with Crippen molar-refractivity contribution < 1.29 is 19.1 Å². The molecular weight excluding hydrogens is 322 g/mol. The molecule has 3 heterocycles.